The number of hydrogen-bond acceptors (Lipinski definition) is 6. The number of rotatable bonds is 5. The number of carbonyl (C=O) groups excluding carboxylic acids is 2. The smallest absolute Gasteiger partial charge is 0.330 e. The van der Waals surface area contributed by atoms with Gasteiger partial charge in [0.1, 0.15) is 0 Å². The molecule has 1 aromatic heterocycles. The Bertz CT molecular complexity index is 581. The van der Waals surface area contributed by atoms with Crippen LogP contribution in [-0.2, 0) is 20.9 Å². The van der Waals surface area contributed by atoms with Crippen molar-refractivity contribution in [2.75, 3.05) is 6.61 Å². The van der Waals surface area contributed by atoms with Gasteiger partial charge in [-0.15, -0.1) is 10.2 Å². The molecule has 1 amide bonds. The van der Waals surface area contributed by atoms with Crippen molar-refractivity contribution in [1.82, 2.24) is 20.2 Å². The van der Waals surface area contributed by atoms with Crippen molar-refractivity contribution in [3.63, 3.8) is 0 Å². The molecule has 0 bridgehead atoms. The summed E-state index contributed by atoms with van der Waals surface area (Å²) in [4.78, 5) is 22.8. The lowest BCUT2D eigenvalue weighted by Gasteiger charge is -2.00. The molecular weight excluding hydrogens is 250 g/mol. The Morgan fingerprint density at radius 1 is 1.26 bits per heavy atom. The lowest BCUT2D eigenvalue weighted by molar-refractivity contribution is -0.148. The van der Waals surface area contributed by atoms with Gasteiger partial charge in [0, 0.05) is 5.56 Å². The zero-order valence-electron chi connectivity index (χ0n) is 9.89. The molecular formula is C11H11N5O3. The summed E-state index contributed by atoms with van der Waals surface area (Å²) in [5, 5.41) is 11.6. The number of ether oxygens (including phenoxy) is 1. The molecule has 0 atom stereocenters. The summed E-state index contributed by atoms with van der Waals surface area (Å²) in [7, 11) is 0. The van der Waals surface area contributed by atoms with Gasteiger partial charge in [-0.25, -0.2) is 4.79 Å². The van der Waals surface area contributed by atoms with Gasteiger partial charge in [-0.2, -0.15) is 4.80 Å². The molecule has 0 radical (unpaired) electrons. The highest BCUT2D eigenvalue weighted by atomic mass is 16.5. The molecule has 98 valence electrons. The quantitative estimate of drug-likeness (QED) is 0.717. The van der Waals surface area contributed by atoms with Crippen molar-refractivity contribution < 1.29 is 14.3 Å². The minimum absolute atomic E-state index is 0.229. The van der Waals surface area contributed by atoms with Gasteiger partial charge in [0.05, 0.1) is 0 Å². The van der Waals surface area contributed by atoms with E-state index in [1.807, 2.05) is 30.3 Å². The van der Waals surface area contributed by atoms with Crippen molar-refractivity contribution in [3.8, 4) is 11.4 Å². The van der Waals surface area contributed by atoms with Gasteiger partial charge in [0.2, 0.25) is 5.82 Å². The third-order valence-corrected chi connectivity index (χ3v) is 2.13. The van der Waals surface area contributed by atoms with Crippen LogP contribution in [0.1, 0.15) is 0 Å². The van der Waals surface area contributed by atoms with Crippen LogP contribution in [0.15, 0.2) is 30.3 Å². The maximum absolute atomic E-state index is 11.3. The molecule has 8 heteroatoms. The van der Waals surface area contributed by atoms with Crippen molar-refractivity contribution in [2.24, 2.45) is 5.73 Å². The Labute approximate surface area is 108 Å². The number of esters is 1. The normalized spacial score (nSPS) is 10.1. The highest BCUT2D eigenvalue weighted by molar-refractivity contribution is 5.78. The molecule has 0 unspecified atom stereocenters. The van der Waals surface area contributed by atoms with Gasteiger partial charge in [-0.1, -0.05) is 30.3 Å². The summed E-state index contributed by atoms with van der Waals surface area (Å²) in [5.74, 6) is -0.969. The first-order valence-corrected chi connectivity index (χ1v) is 5.42. The summed E-state index contributed by atoms with van der Waals surface area (Å²) in [6, 6.07) is 9.21. The Morgan fingerprint density at radius 3 is 2.68 bits per heavy atom. The second-order valence-electron chi connectivity index (χ2n) is 3.64. The number of nitrogens with two attached hydrogens (primary N) is 1. The van der Waals surface area contributed by atoms with Gasteiger partial charge < -0.3 is 10.5 Å². The highest BCUT2D eigenvalue weighted by Crippen LogP contribution is 2.11. The molecule has 2 N–H and O–H groups in total. The van der Waals surface area contributed by atoms with E-state index in [4.69, 9.17) is 5.73 Å². The number of carbonyl (C=O) groups is 2. The molecule has 0 aliphatic heterocycles. The summed E-state index contributed by atoms with van der Waals surface area (Å²) >= 11 is 0. The van der Waals surface area contributed by atoms with E-state index in [0.29, 0.717) is 5.82 Å². The van der Waals surface area contributed by atoms with Crippen LogP contribution in [0.25, 0.3) is 11.4 Å². The fourth-order valence-corrected chi connectivity index (χ4v) is 1.33. The summed E-state index contributed by atoms with van der Waals surface area (Å²) < 4.78 is 4.58. The molecule has 1 heterocycles. The van der Waals surface area contributed by atoms with E-state index in [1.54, 1.807) is 0 Å². The van der Waals surface area contributed by atoms with Crippen LogP contribution in [0.3, 0.4) is 0 Å². The molecule has 0 aliphatic rings. The molecule has 0 aliphatic carbocycles. The van der Waals surface area contributed by atoms with E-state index in [0.717, 1.165) is 10.4 Å². The van der Waals surface area contributed by atoms with E-state index >= 15 is 0 Å². The van der Waals surface area contributed by atoms with Gasteiger partial charge >= 0.3 is 5.97 Å². The fraction of sp³-hybridized carbons (Fsp3) is 0.182. The van der Waals surface area contributed by atoms with Crippen molar-refractivity contribution in [2.45, 2.75) is 6.54 Å². The van der Waals surface area contributed by atoms with E-state index in [9.17, 15) is 9.59 Å². The van der Waals surface area contributed by atoms with Crippen molar-refractivity contribution in [3.05, 3.63) is 30.3 Å². The van der Waals surface area contributed by atoms with E-state index in [-0.39, 0.29) is 6.54 Å². The standard InChI is InChI=1S/C11H11N5O3/c12-9(17)7-19-10(18)6-16-14-11(13-15-16)8-4-2-1-3-5-8/h1-5H,6-7H2,(H2,12,17). The lowest BCUT2D eigenvalue weighted by atomic mass is 10.2. The third-order valence-electron chi connectivity index (χ3n) is 2.13. The van der Waals surface area contributed by atoms with E-state index in [1.165, 1.54) is 0 Å². The number of benzene rings is 1. The van der Waals surface area contributed by atoms with Gasteiger partial charge in [-0.3, -0.25) is 4.79 Å². The van der Waals surface area contributed by atoms with Gasteiger partial charge in [0.25, 0.3) is 5.91 Å². The monoisotopic (exact) mass is 261 g/mol. The predicted octanol–water partition coefficient (Wildman–Crippen LogP) is -0.631. The molecule has 0 saturated carbocycles. The first-order chi connectivity index (χ1) is 9.15. The molecule has 2 aromatic rings. The SMILES string of the molecule is NC(=O)COC(=O)Cn1nnc(-c2ccccc2)n1. The number of aromatic nitrogens is 4. The topological polar surface area (TPSA) is 113 Å². The number of amides is 1. The Morgan fingerprint density at radius 2 is 2.00 bits per heavy atom. The van der Waals surface area contributed by atoms with Gasteiger partial charge in [-0.05, 0) is 5.21 Å². The first-order valence-electron chi connectivity index (χ1n) is 5.42. The van der Waals surface area contributed by atoms with Crippen LogP contribution < -0.4 is 5.73 Å². The molecule has 1 aromatic carbocycles. The fourth-order valence-electron chi connectivity index (χ4n) is 1.33. The second-order valence-corrected chi connectivity index (χ2v) is 3.64. The average Bonchev–Trinajstić information content (AvgIpc) is 2.86. The van der Waals surface area contributed by atoms with E-state index < -0.39 is 18.5 Å². The Balaban J connectivity index is 1.98. The van der Waals surface area contributed by atoms with Gasteiger partial charge in [0.15, 0.2) is 13.2 Å². The zero-order valence-corrected chi connectivity index (χ0v) is 9.89. The first kappa shape index (κ1) is 12.7. The maximum Gasteiger partial charge on any atom is 0.330 e. The summed E-state index contributed by atoms with van der Waals surface area (Å²) in [6.45, 7) is -0.688. The summed E-state index contributed by atoms with van der Waals surface area (Å²) in [6.07, 6.45) is 0. The van der Waals surface area contributed by atoms with Crippen molar-refractivity contribution in [1.29, 1.82) is 0 Å². The second kappa shape index (κ2) is 5.71. The van der Waals surface area contributed by atoms with Crippen LogP contribution in [0, 0.1) is 0 Å². The van der Waals surface area contributed by atoms with E-state index in [2.05, 4.69) is 20.1 Å². The van der Waals surface area contributed by atoms with Crippen LogP contribution in [0.5, 0.6) is 0 Å². The number of nitrogens with zero attached hydrogens (tertiary/aromatic N) is 4. The minimum Gasteiger partial charge on any atom is -0.454 e. The summed E-state index contributed by atoms with van der Waals surface area (Å²) in [5.41, 5.74) is 5.64. The molecule has 0 fully saturated rings. The van der Waals surface area contributed by atoms with Crippen molar-refractivity contribution >= 4 is 11.9 Å². The minimum atomic E-state index is -0.718. The molecule has 8 nitrogen and oxygen atoms in total. The third kappa shape index (κ3) is 3.60. The van der Waals surface area contributed by atoms with Crippen LogP contribution in [0.2, 0.25) is 0 Å². The molecule has 0 saturated heterocycles. The van der Waals surface area contributed by atoms with Crippen LogP contribution in [-0.4, -0.2) is 38.7 Å². The van der Waals surface area contributed by atoms with Crippen LogP contribution in [0.4, 0.5) is 0 Å². The molecule has 0 spiro atoms. The number of primary amides is 1. The molecule has 2 rings (SSSR count). The average molecular weight is 261 g/mol. The Kier molecular flexibility index (Phi) is 3.81. The predicted molar refractivity (Wildman–Crippen MR) is 63.4 cm³/mol. The number of tetrazole rings is 1. The largest absolute Gasteiger partial charge is 0.454 e. The maximum atomic E-state index is 11.3. The zero-order chi connectivity index (χ0) is 13.7. The Hall–Kier alpha value is -2.77. The lowest BCUT2D eigenvalue weighted by Crippen LogP contribution is -2.23. The molecule has 19 heavy (non-hydrogen) atoms. The van der Waals surface area contributed by atoms with Crippen LogP contribution >= 0.6 is 0 Å². The number of hydrogen-bond donors (Lipinski definition) is 1. The highest BCUT2D eigenvalue weighted by Gasteiger charge is 2.10.